The molecule has 41 heavy (non-hydrogen) atoms. The van der Waals surface area contributed by atoms with Crippen molar-refractivity contribution in [1.82, 2.24) is 0 Å². The lowest BCUT2D eigenvalue weighted by molar-refractivity contribution is 0.0973. The Morgan fingerprint density at radius 2 is 0.805 bits per heavy atom. The van der Waals surface area contributed by atoms with Gasteiger partial charge in [-0.3, -0.25) is 13.6 Å². The van der Waals surface area contributed by atoms with Crippen LogP contribution in [0.5, 0.6) is 17.2 Å². The Labute approximate surface area is 244 Å². The largest absolute Gasteiger partial charge is 0.508 e. The molecule has 0 heterocycles. The molecule has 3 aromatic rings. The van der Waals surface area contributed by atoms with Crippen molar-refractivity contribution in [2.24, 2.45) is 0 Å². The van der Waals surface area contributed by atoms with Crippen LogP contribution in [0.15, 0.2) is 54.6 Å². The maximum Gasteiger partial charge on any atom is 0.475 e. The molecular formula is C33H45O7P. The second kappa shape index (κ2) is 16.6. The fraction of sp³-hybridized carbons (Fsp3) is 0.455. The average molecular weight is 585 g/mol. The van der Waals surface area contributed by atoms with Crippen LogP contribution in [0.4, 0.5) is 0 Å². The molecular weight excluding hydrogens is 539 g/mol. The highest BCUT2D eigenvalue weighted by atomic mass is 31.2. The van der Waals surface area contributed by atoms with Crippen molar-refractivity contribution in [2.75, 3.05) is 0 Å². The third kappa shape index (κ3) is 10.5. The molecule has 0 aromatic heterocycles. The lowest BCUT2D eigenvalue weighted by atomic mass is 10.0. The summed E-state index contributed by atoms with van der Waals surface area (Å²) in [5.74, 6) is 0.526. The van der Waals surface area contributed by atoms with E-state index >= 15 is 0 Å². The van der Waals surface area contributed by atoms with Gasteiger partial charge in [0.15, 0.2) is 0 Å². The van der Waals surface area contributed by atoms with E-state index in [1.807, 2.05) is 0 Å². The number of aromatic hydroxyl groups is 3. The predicted octanol–water partition coefficient (Wildman–Crippen LogP) is 8.89. The molecule has 0 aliphatic heterocycles. The highest BCUT2D eigenvalue weighted by molar-refractivity contribution is 7.48. The van der Waals surface area contributed by atoms with Crippen molar-refractivity contribution >= 4 is 7.82 Å². The van der Waals surface area contributed by atoms with Gasteiger partial charge in [-0.15, -0.1) is 0 Å². The molecule has 8 heteroatoms. The first-order valence-corrected chi connectivity index (χ1v) is 16.2. The summed E-state index contributed by atoms with van der Waals surface area (Å²) in [5, 5.41) is 30.1. The zero-order valence-electron chi connectivity index (χ0n) is 24.6. The molecule has 0 aliphatic carbocycles. The summed E-state index contributed by atoms with van der Waals surface area (Å²) >= 11 is 0. The molecule has 3 N–H and O–H groups in total. The van der Waals surface area contributed by atoms with E-state index in [4.69, 9.17) is 13.6 Å². The van der Waals surface area contributed by atoms with Gasteiger partial charge in [0.1, 0.15) is 17.2 Å². The molecule has 0 unspecified atom stereocenters. The van der Waals surface area contributed by atoms with E-state index in [2.05, 4.69) is 20.8 Å². The van der Waals surface area contributed by atoms with Crippen LogP contribution in [0.2, 0.25) is 0 Å². The standard InChI is InChI=1S/C33H45O7P/c1-4-7-10-25-19-31(34)16-13-28(25)22-38-41(37,39-23-29-14-17-32(35)20-26(29)11-8-5-2)40-24-30-15-18-33(36)21-27(30)12-9-6-3/h13-21,34-36H,4-12,22-24H2,1-3H3. The fourth-order valence-electron chi connectivity index (χ4n) is 4.62. The molecule has 0 saturated carbocycles. The predicted molar refractivity (Wildman–Crippen MR) is 162 cm³/mol. The quantitative estimate of drug-likeness (QED) is 0.128. The Morgan fingerprint density at radius 1 is 0.512 bits per heavy atom. The van der Waals surface area contributed by atoms with E-state index < -0.39 is 7.82 Å². The highest BCUT2D eigenvalue weighted by Gasteiger charge is 2.29. The zero-order chi connectivity index (χ0) is 29.7. The second-order valence-electron chi connectivity index (χ2n) is 10.4. The number of aryl methyl sites for hydroxylation is 3. The molecule has 7 nitrogen and oxygen atoms in total. The Hall–Kier alpha value is -2.83. The van der Waals surface area contributed by atoms with Crippen LogP contribution < -0.4 is 0 Å². The maximum absolute atomic E-state index is 14.1. The molecule has 0 atom stereocenters. The van der Waals surface area contributed by atoms with Gasteiger partial charge in [-0.2, -0.15) is 0 Å². The summed E-state index contributed by atoms with van der Waals surface area (Å²) in [6.45, 7) is 6.29. The average Bonchev–Trinajstić information content (AvgIpc) is 2.96. The summed E-state index contributed by atoms with van der Waals surface area (Å²) in [6.07, 6.45) is 8.13. The monoisotopic (exact) mass is 584 g/mol. The van der Waals surface area contributed by atoms with Crippen molar-refractivity contribution in [1.29, 1.82) is 0 Å². The molecule has 0 aliphatic rings. The highest BCUT2D eigenvalue weighted by Crippen LogP contribution is 2.52. The Morgan fingerprint density at radius 3 is 1.07 bits per heavy atom. The number of phenolic OH excluding ortho intramolecular Hbond substituents is 3. The van der Waals surface area contributed by atoms with Gasteiger partial charge >= 0.3 is 7.82 Å². The lowest BCUT2D eigenvalue weighted by Crippen LogP contribution is -2.05. The smallest absolute Gasteiger partial charge is 0.475 e. The maximum atomic E-state index is 14.1. The van der Waals surface area contributed by atoms with Crippen molar-refractivity contribution in [2.45, 2.75) is 98.4 Å². The Balaban J connectivity index is 1.84. The van der Waals surface area contributed by atoms with Gasteiger partial charge < -0.3 is 15.3 Å². The van der Waals surface area contributed by atoms with E-state index in [1.165, 1.54) is 0 Å². The van der Waals surface area contributed by atoms with E-state index in [-0.39, 0.29) is 37.1 Å². The van der Waals surface area contributed by atoms with Gasteiger partial charge in [0.05, 0.1) is 19.8 Å². The molecule has 0 saturated heterocycles. The number of hydrogen-bond acceptors (Lipinski definition) is 7. The number of unbranched alkanes of at least 4 members (excludes halogenated alkanes) is 3. The van der Waals surface area contributed by atoms with Crippen LogP contribution in [-0.2, 0) is 57.2 Å². The van der Waals surface area contributed by atoms with Gasteiger partial charge in [-0.05, 0) is 108 Å². The van der Waals surface area contributed by atoms with E-state index in [1.54, 1.807) is 54.6 Å². The van der Waals surface area contributed by atoms with Crippen LogP contribution in [-0.4, -0.2) is 15.3 Å². The van der Waals surface area contributed by atoms with Crippen molar-refractivity contribution in [3.63, 3.8) is 0 Å². The van der Waals surface area contributed by atoms with Crippen molar-refractivity contribution < 1.29 is 33.5 Å². The summed E-state index contributed by atoms with van der Waals surface area (Å²) in [7, 11) is -4.08. The Bertz CT molecular complexity index is 1130. The zero-order valence-corrected chi connectivity index (χ0v) is 25.5. The van der Waals surface area contributed by atoms with Crippen LogP contribution in [0.1, 0.15) is 92.7 Å². The van der Waals surface area contributed by atoms with Crippen molar-refractivity contribution in [3.05, 3.63) is 88.0 Å². The van der Waals surface area contributed by atoms with E-state index in [0.29, 0.717) is 0 Å². The SMILES string of the molecule is CCCCc1cc(O)ccc1COP(=O)(OCc1ccc(O)cc1CCCC)OCc1ccc(O)cc1CCCC. The third-order valence-corrected chi connectivity index (χ3v) is 8.44. The summed E-state index contributed by atoms with van der Waals surface area (Å²) < 4.78 is 31.9. The van der Waals surface area contributed by atoms with Gasteiger partial charge in [-0.25, -0.2) is 4.57 Å². The first-order chi connectivity index (χ1) is 19.8. The fourth-order valence-corrected chi connectivity index (χ4v) is 5.73. The topological polar surface area (TPSA) is 105 Å². The molecule has 0 radical (unpaired) electrons. The molecule has 3 aromatic carbocycles. The number of rotatable bonds is 18. The third-order valence-electron chi connectivity index (χ3n) is 7.10. The minimum absolute atomic E-state index is 0.00680. The van der Waals surface area contributed by atoms with Gasteiger partial charge in [0.25, 0.3) is 0 Å². The second-order valence-corrected chi connectivity index (χ2v) is 12.1. The van der Waals surface area contributed by atoms with E-state index in [0.717, 1.165) is 91.2 Å². The van der Waals surface area contributed by atoms with Crippen molar-refractivity contribution in [3.8, 4) is 17.2 Å². The minimum Gasteiger partial charge on any atom is -0.508 e. The van der Waals surface area contributed by atoms with E-state index in [9.17, 15) is 19.9 Å². The number of phosphoric ester groups is 1. The first kappa shape index (κ1) is 32.7. The molecule has 0 bridgehead atoms. The Kier molecular flexibility index (Phi) is 13.2. The minimum atomic E-state index is -4.08. The number of phenols is 3. The van der Waals surface area contributed by atoms with Crippen LogP contribution in [0.3, 0.4) is 0 Å². The lowest BCUT2D eigenvalue weighted by Gasteiger charge is -2.21. The van der Waals surface area contributed by atoms with Crippen LogP contribution in [0, 0.1) is 0 Å². The summed E-state index contributed by atoms with van der Waals surface area (Å²) in [6, 6.07) is 15.2. The molecule has 0 amide bonds. The van der Waals surface area contributed by atoms with Gasteiger partial charge in [0, 0.05) is 0 Å². The molecule has 3 rings (SSSR count). The summed E-state index contributed by atoms with van der Waals surface area (Å²) in [5.41, 5.74) is 5.22. The van der Waals surface area contributed by atoms with Crippen LogP contribution in [0.25, 0.3) is 0 Å². The van der Waals surface area contributed by atoms with Crippen LogP contribution >= 0.6 is 7.82 Å². The normalized spacial score (nSPS) is 11.7. The number of hydrogen-bond donors (Lipinski definition) is 3. The number of benzene rings is 3. The molecule has 0 fully saturated rings. The number of phosphoric acid groups is 1. The molecule has 0 spiro atoms. The first-order valence-electron chi connectivity index (χ1n) is 14.7. The molecule has 224 valence electrons. The summed E-state index contributed by atoms with van der Waals surface area (Å²) in [4.78, 5) is 0. The van der Waals surface area contributed by atoms with Gasteiger partial charge in [-0.1, -0.05) is 58.2 Å². The van der Waals surface area contributed by atoms with Gasteiger partial charge in [0.2, 0.25) is 0 Å².